The van der Waals surface area contributed by atoms with Crippen LogP contribution in [0, 0.1) is 17.7 Å². The van der Waals surface area contributed by atoms with E-state index in [4.69, 9.17) is 10.5 Å². The number of nitrogens with one attached hydrogen (secondary N) is 1. The molecule has 0 bridgehead atoms. The molecule has 1 heterocycles. The first kappa shape index (κ1) is 21.8. The summed E-state index contributed by atoms with van der Waals surface area (Å²) in [4.78, 5) is 24.4. The van der Waals surface area contributed by atoms with Crippen LogP contribution in [0.15, 0.2) is 30.5 Å². The Bertz CT molecular complexity index is 917. The summed E-state index contributed by atoms with van der Waals surface area (Å²) < 4.78 is 20.4. The Labute approximate surface area is 175 Å². The van der Waals surface area contributed by atoms with Crippen molar-refractivity contribution in [3.05, 3.63) is 41.8 Å². The van der Waals surface area contributed by atoms with E-state index in [1.807, 2.05) is 20.8 Å². The minimum absolute atomic E-state index is 0.0329. The van der Waals surface area contributed by atoms with Crippen LogP contribution in [0.25, 0.3) is 0 Å². The molecule has 1 saturated carbocycles. The van der Waals surface area contributed by atoms with Crippen molar-refractivity contribution >= 4 is 23.4 Å². The van der Waals surface area contributed by atoms with Crippen molar-refractivity contribution in [3.63, 3.8) is 0 Å². The monoisotopic (exact) mass is 416 g/mol. The van der Waals surface area contributed by atoms with Crippen LogP contribution in [0.3, 0.4) is 0 Å². The van der Waals surface area contributed by atoms with Gasteiger partial charge in [0.2, 0.25) is 0 Å². The van der Waals surface area contributed by atoms with Gasteiger partial charge in [0, 0.05) is 11.9 Å². The lowest BCUT2D eigenvalue weighted by atomic mass is 9.79. The number of esters is 1. The zero-order chi connectivity index (χ0) is 22.1. The lowest BCUT2D eigenvalue weighted by molar-refractivity contribution is -0.162. The van der Waals surface area contributed by atoms with Crippen molar-refractivity contribution < 1.29 is 18.7 Å². The first-order chi connectivity index (χ1) is 14.0. The fraction of sp³-hybridized carbons (Fsp3) is 0.500. The fourth-order valence-electron chi connectivity index (χ4n) is 3.88. The zero-order valence-electron chi connectivity index (χ0n) is 17.8. The Hall–Kier alpha value is -2.90. The molecule has 2 aromatic rings. The maximum atomic E-state index is 13.1. The molecule has 1 fully saturated rings. The van der Waals surface area contributed by atoms with Gasteiger partial charge in [-0.25, -0.2) is 4.39 Å². The van der Waals surface area contributed by atoms with Gasteiger partial charge in [-0.1, -0.05) is 6.92 Å². The van der Waals surface area contributed by atoms with E-state index in [1.54, 1.807) is 23.0 Å². The van der Waals surface area contributed by atoms with E-state index in [0.717, 1.165) is 6.42 Å². The van der Waals surface area contributed by atoms with Gasteiger partial charge in [-0.15, -0.1) is 0 Å². The molecule has 3 rings (SSSR count). The van der Waals surface area contributed by atoms with E-state index in [1.165, 1.54) is 12.1 Å². The lowest BCUT2D eigenvalue weighted by Crippen LogP contribution is -2.34. The van der Waals surface area contributed by atoms with E-state index in [-0.39, 0.29) is 35.2 Å². The standard InChI is InChI=1S/C22H29FN4O3/c1-13-11-14(21(29)30-22(2,3)4)5-10-18(13)27-12-17(19(24)28)20(26-27)25-16-8-6-15(23)7-9-16/h6-9,12-14,18H,5,10-11H2,1-4H3,(H2,24,28)(H,25,26)/t13-,14-,18?/m0/s1. The third-order valence-corrected chi connectivity index (χ3v) is 5.31. The summed E-state index contributed by atoms with van der Waals surface area (Å²) in [5.74, 6) is -0.757. The Kier molecular flexibility index (Phi) is 6.14. The quantitative estimate of drug-likeness (QED) is 0.712. The molecule has 30 heavy (non-hydrogen) atoms. The molecule has 0 spiro atoms. The van der Waals surface area contributed by atoms with Gasteiger partial charge in [0.05, 0.1) is 12.0 Å². The molecule has 1 aromatic heterocycles. The third-order valence-electron chi connectivity index (χ3n) is 5.31. The van der Waals surface area contributed by atoms with E-state index in [0.29, 0.717) is 24.3 Å². The Morgan fingerprint density at radius 1 is 1.23 bits per heavy atom. The number of anilines is 2. The predicted molar refractivity (Wildman–Crippen MR) is 112 cm³/mol. The summed E-state index contributed by atoms with van der Waals surface area (Å²) in [6.07, 6.45) is 3.76. The second kappa shape index (κ2) is 8.45. The number of aromatic nitrogens is 2. The van der Waals surface area contributed by atoms with Crippen molar-refractivity contribution in [2.75, 3.05) is 5.32 Å². The average molecular weight is 416 g/mol. The van der Waals surface area contributed by atoms with Crippen molar-refractivity contribution in [2.45, 2.75) is 58.6 Å². The Morgan fingerprint density at radius 3 is 2.47 bits per heavy atom. The summed E-state index contributed by atoms with van der Waals surface area (Å²) >= 11 is 0. The molecule has 3 N–H and O–H groups in total. The number of primary amides is 1. The van der Waals surface area contributed by atoms with Crippen molar-refractivity contribution in [2.24, 2.45) is 17.6 Å². The maximum Gasteiger partial charge on any atom is 0.309 e. The average Bonchev–Trinajstić information content (AvgIpc) is 3.06. The molecule has 162 valence electrons. The highest BCUT2D eigenvalue weighted by Crippen LogP contribution is 2.38. The van der Waals surface area contributed by atoms with Gasteiger partial charge < -0.3 is 15.8 Å². The van der Waals surface area contributed by atoms with Crippen molar-refractivity contribution in [1.82, 2.24) is 9.78 Å². The lowest BCUT2D eigenvalue weighted by Gasteiger charge is -2.34. The summed E-state index contributed by atoms with van der Waals surface area (Å²) in [5, 5.41) is 7.58. The molecule has 1 aromatic carbocycles. The molecular formula is C22H29FN4O3. The SMILES string of the molecule is C[C@H]1C[C@@H](C(=O)OC(C)(C)C)CCC1n1cc(C(N)=O)c(Nc2ccc(F)cc2)n1. The van der Waals surface area contributed by atoms with E-state index >= 15 is 0 Å². The fourth-order valence-corrected chi connectivity index (χ4v) is 3.88. The third kappa shape index (κ3) is 5.17. The number of carbonyl (C=O) groups is 2. The first-order valence-electron chi connectivity index (χ1n) is 10.2. The van der Waals surface area contributed by atoms with Gasteiger partial charge in [0.25, 0.3) is 5.91 Å². The second-order valence-corrected chi connectivity index (χ2v) is 8.96. The van der Waals surface area contributed by atoms with Crippen LogP contribution in [0.4, 0.5) is 15.9 Å². The molecule has 7 nitrogen and oxygen atoms in total. The van der Waals surface area contributed by atoms with Gasteiger partial charge in [-0.05, 0) is 70.2 Å². The number of nitrogens with two attached hydrogens (primary N) is 1. The molecule has 1 aliphatic carbocycles. The Balaban J connectivity index is 1.75. The number of nitrogens with zero attached hydrogens (tertiary/aromatic N) is 2. The largest absolute Gasteiger partial charge is 0.460 e. The topological polar surface area (TPSA) is 99.2 Å². The van der Waals surface area contributed by atoms with Gasteiger partial charge in [0.15, 0.2) is 5.82 Å². The van der Waals surface area contributed by atoms with Crippen LogP contribution in [0.1, 0.15) is 63.4 Å². The summed E-state index contributed by atoms with van der Waals surface area (Å²) in [6, 6.07) is 5.80. The molecule has 1 aliphatic rings. The van der Waals surface area contributed by atoms with Gasteiger partial charge in [-0.2, -0.15) is 5.10 Å². The first-order valence-corrected chi connectivity index (χ1v) is 10.2. The van der Waals surface area contributed by atoms with Crippen LogP contribution in [-0.2, 0) is 9.53 Å². The number of halogens is 1. The van der Waals surface area contributed by atoms with Crippen molar-refractivity contribution in [1.29, 1.82) is 0 Å². The predicted octanol–water partition coefficient (Wildman–Crippen LogP) is 4.18. The maximum absolute atomic E-state index is 13.1. The van der Waals surface area contributed by atoms with Crippen molar-refractivity contribution in [3.8, 4) is 0 Å². The summed E-state index contributed by atoms with van der Waals surface area (Å²) in [6.45, 7) is 7.67. The molecule has 0 aliphatic heterocycles. The highest BCUT2D eigenvalue weighted by molar-refractivity contribution is 5.98. The molecule has 3 atom stereocenters. The molecular weight excluding hydrogens is 387 g/mol. The van der Waals surface area contributed by atoms with Gasteiger partial charge in [-0.3, -0.25) is 14.3 Å². The molecule has 0 radical (unpaired) electrons. The number of benzene rings is 1. The van der Waals surface area contributed by atoms with Crippen LogP contribution in [0.2, 0.25) is 0 Å². The number of rotatable bonds is 5. The number of carbonyl (C=O) groups excluding carboxylic acids is 2. The van der Waals surface area contributed by atoms with Gasteiger partial charge in [0.1, 0.15) is 17.0 Å². The zero-order valence-corrected chi connectivity index (χ0v) is 17.8. The molecule has 8 heteroatoms. The number of hydrogen-bond donors (Lipinski definition) is 2. The summed E-state index contributed by atoms with van der Waals surface area (Å²) in [7, 11) is 0. The van der Waals surface area contributed by atoms with Crippen LogP contribution in [-0.4, -0.2) is 27.3 Å². The second-order valence-electron chi connectivity index (χ2n) is 8.96. The van der Waals surface area contributed by atoms with Crippen LogP contribution < -0.4 is 11.1 Å². The minimum atomic E-state index is -0.596. The minimum Gasteiger partial charge on any atom is -0.460 e. The number of ether oxygens (including phenoxy) is 1. The Morgan fingerprint density at radius 2 is 1.90 bits per heavy atom. The molecule has 0 saturated heterocycles. The number of hydrogen-bond acceptors (Lipinski definition) is 5. The van der Waals surface area contributed by atoms with E-state index < -0.39 is 11.5 Å². The molecule has 1 amide bonds. The van der Waals surface area contributed by atoms with Crippen LogP contribution >= 0.6 is 0 Å². The highest BCUT2D eigenvalue weighted by Gasteiger charge is 2.35. The van der Waals surface area contributed by atoms with E-state index in [9.17, 15) is 14.0 Å². The smallest absolute Gasteiger partial charge is 0.309 e. The molecule has 1 unspecified atom stereocenters. The van der Waals surface area contributed by atoms with Gasteiger partial charge >= 0.3 is 5.97 Å². The normalized spacial score (nSPS) is 21.8. The van der Waals surface area contributed by atoms with Crippen LogP contribution in [0.5, 0.6) is 0 Å². The summed E-state index contributed by atoms with van der Waals surface area (Å²) in [5.41, 5.74) is 5.90. The van der Waals surface area contributed by atoms with E-state index in [2.05, 4.69) is 17.3 Å². The highest BCUT2D eigenvalue weighted by atomic mass is 19.1. The number of amides is 1.